The zero-order chi connectivity index (χ0) is 10.8. The van der Waals surface area contributed by atoms with E-state index in [-0.39, 0.29) is 5.41 Å². The summed E-state index contributed by atoms with van der Waals surface area (Å²) < 4.78 is 0. The van der Waals surface area contributed by atoms with E-state index in [0.29, 0.717) is 5.88 Å². The van der Waals surface area contributed by atoms with Crippen molar-refractivity contribution >= 4 is 17.7 Å². The number of benzene rings is 1. The van der Waals surface area contributed by atoms with E-state index >= 15 is 0 Å². The van der Waals surface area contributed by atoms with Crippen LogP contribution in [0.4, 0.5) is 0 Å². The third-order valence-electron chi connectivity index (χ3n) is 2.30. The summed E-state index contributed by atoms with van der Waals surface area (Å²) in [7, 11) is 0. The van der Waals surface area contributed by atoms with Gasteiger partial charge in [0.15, 0.2) is 0 Å². The van der Waals surface area contributed by atoms with E-state index in [0.717, 1.165) is 0 Å². The molecule has 76 valence electrons. The molecule has 0 radical (unpaired) electrons. The summed E-state index contributed by atoms with van der Waals surface area (Å²) in [6.07, 6.45) is 1.90. The van der Waals surface area contributed by atoms with Crippen molar-refractivity contribution in [2.45, 2.75) is 32.1 Å². The van der Waals surface area contributed by atoms with Gasteiger partial charge < -0.3 is 0 Å². The average molecular weight is 209 g/mol. The maximum Gasteiger partial charge on any atom is 0.0477 e. The molecule has 0 bridgehead atoms. The Hall–Kier alpha value is -0.750. The van der Waals surface area contributed by atoms with E-state index in [9.17, 15) is 0 Å². The van der Waals surface area contributed by atoms with E-state index < -0.39 is 0 Å². The molecule has 0 saturated carbocycles. The van der Waals surface area contributed by atoms with Gasteiger partial charge in [0.1, 0.15) is 0 Å². The molecule has 1 heteroatoms. The van der Waals surface area contributed by atoms with E-state index in [1.165, 1.54) is 16.7 Å². The number of alkyl halides is 1. The Labute approximate surface area is 91.6 Å². The zero-order valence-electron chi connectivity index (χ0n) is 9.10. The molecule has 1 aromatic carbocycles. The second-order valence-corrected chi connectivity index (χ2v) is 4.74. The molecule has 0 fully saturated rings. The first kappa shape index (κ1) is 11.3. The lowest BCUT2D eigenvalue weighted by atomic mass is 9.81. The Bertz CT molecular complexity index is 332. The van der Waals surface area contributed by atoms with Crippen molar-refractivity contribution in [3.63, 3.8) is 0 Å². The van der Waals surface area contributed by atoms with Crippen molar-refractivity contribution in [3.8, 4) is 0 Å². The molecular weight excluding hydrogens is 192 g/mol. The first-order valence-electron chi connectivity index (χ1n) is 4.81. The van der Waals surface area contributed by atoms with E-state index in [1.807, 2.05) is 12.1 Å². The van der Waals surface area contributed by atoms with Crippen molar-refractivity contribution in [2.75, 3.05) is 0 Å². The fourth-order valence-corrected chi connectivity index (χ4v) is 2.04. The van der Waals surface area contributed by atoms with Crippen LogP contribution in [-0.2, 0) is 11.3 Å². The van der Waals surface area contributed by atoms with Gasteiger partial charge >= 0.3 is 0 Å². The van der Waals surface area contributed by atoms with E-state index in [1.54, 1.807) is 0 Å². The number of rotatable bonds is 2. The Morgan fingerprint density at radius 2 is 2.00 bits per heavy atom. The second-order valence-electron chi connectivity index (χ2n) is 4.47. The van der Waals surface area contributed by atoms with Gasteiger partial charge in [0.05, 0.1) is 0 Å². The molecule has 0 nitrogen and oxygen atoms in total. The van der Waals surface area contributed by atoms with Crippen molar-refractivity contribution in [1.82, 2.24) is 0 Å². The quantitative estimate of drug-likeness (QED) is 0.634. The van der Waals surface area contributed by atoms with Gasteiger partial charge in [-0.1, -0.05) is 51.6 Å². The van der Waals surface area contributed by atoms with Gasteiger partial charge in [-0.15, -0.1) is 11.6 Å². The maximum absolute atomic E-state index is 5.93. The van der Waals surface area contributed by atoms with Crippen LogP contribution >= 0.6 is 11.6 Å². The third kappa shape index (κ3) is 2.19. The lowest BCUT2D eigenvalue weighted by molar-refractivity contribution is 0.584. The van der Waals surface area contributed by atoms with Crippen LogP contribution in [0.3, 0.4) is 0 Å². The monoisotopic (exact) mass is 208 g/mol. The lowest BCUT2D eigenvalue weighted by Gasteiger charge is -2.24. The van der Waals surface area contributed by atoms with Gasteiger partial charge in [-0.05, 0) is 22.1 Å². The van der Waals surface area contributed by atoms with Gasteiger partial charge in [0.2, 0.25) is 0 Å². The smallest absolute Gasteiger partial charge is 0.0477 e. The SMILES string of the molecule is C=Cc1cccc(CCl)c1C(C)(C)C. The van der Waals surface area contributed by atoms with Gasteiger partial charge in [-0.3, -0.25) is 0 Å². The van der Waals surface area contributed by atoms with Crippen LogP contribution in [0.5, 0.6) is 0 Å². The molecule has 0 aliphatic carbocycles. The van der Waals surface area contributed by atoms with Crippen LogP contribution in [0, 0.1) is 0 Å². The highest BCUT2D eigenvalue weighted by Gasteiger charge is 2.19. The molecule has 0 saturated heterocycles. The van der Waals surface area contributed by atoms with Crippen molar-refractivity contribution in [1.29, 1.82) is 0 Å². The average Bonchev–Trinajstić information content (AvgIpc) is 2.15. The number of halogens is 1. The second kappa shape index (κ2) is 4.18. The summed E-state index contributed by atoms with van der Waals surface area (Å²) in [5.41, 5.74) is 3.83. The number of hydrogen-bond acceptors (Lipinski definition) is 0. The zero-order valence-corrected chi connectivity index (χ0v) is 9.86. The molecule has 0 unspecified atom stereocenters. The molecular formula is C13H17Cl. The van der Waals surface area contributed by atoms with Crippen LogP contribution in [-0.4, -0.2) is 0 Å². The van der Waals surface area contributed by atoms with Gasteiger partial charge in [-0.2, -0.15) is 0 Å². The van der Waals surface area contributed by atoms with E-state index in [4.69, 9.17) is 11.6 Å². The van der Waals surface area contributed by atoms with Crippen LogP contribution in [0.25, 0.3) is 6.08 Å². The lowest BCUT2D eigenvalue weighted by Crippen LogP contribution is -2.15. The maximum atomic E-state index is 5.93. The highest BCUT2D eigenvalue weighted by molar-refractivity contribution is 6.17. The third-order valence-corrected chi connectivity index (χ3v) is 2.58. The highest BCUT2D eigenvalue weighted by Crippen LogP contribution is 2.30. The van der Waals surface area contributed by atoms with Crippen molar-refractivity contribution in [2.24, 2.45) is 0 Å². The Kier molecular flexibility index (Phi) is 3.38. The minimum absolute atomic E-state index is 0.120. The fraction of sp³-hybridized carbons (Fsp3) is 0.385. The Morgan fingerprint density at radius 3 is 2.43 bits per heavy atom. The Morgan fingerprint density at radius 1 is 1.36 bits per heavy atom. The van der Waals surface area contributed by atoms with Crippen LogP contribution in [0.15, 0.2) is 24.8 Å². The van der Waals surface area contributed by atoms with Gasteiger partial charge in [0, 0.05) is 5.88 Å². The highest BCUT2D eigenvalue weighted by atomic mass is 35.5. The molecule has 0 amide bonds. The van der Waals surface area contributed by atoms with Crippen LogP contribution in [0.1, 0.15) is 37.5 Å². The molecule has 1 rings (SSSR count). The number of hydrogen-bond donors (Lipinski definition) is 0. The summed E-state index contributed by atoms with van der Waals surface area (Å²) in [6, 6.07) is 6.20. The first-order chi connectivity index (χ1) is 6.50. The summed E-state index contributed by atoms with van der Waals surface area (Å²) in [5.74, 6) is 0.564. The van der Waals surface area contributed by atoms with E-state index in [2.05, 4.69) is 39.5 Å². The molecule has 0 aliphatic rings. The minimum Gasteiger partial charge on any atom is -0.122 e. The molecule has 0 spiro atoms. The molecule has 14 heavy (non-hydrogen) atoms. The molecule has 0 aliphatic heterocycles. The molecule has 0 heterocycles. The molecule has 0 atom stereocenters. The van der Waals surface area contributed by atoms with Gasteiger partial charge in [0.25, 0.3) is 0 Å². The molecule has 0 aromatic heterocycles. The summed E-state index contributed by atoms with van der Waals surface area (Å²) in [4.78, 5) is 0. The predicted octanol–water partition coefficient (Wildman–Crippen LogP) is 4.37. The van der Waals surface area contributed by atoms with Gasteiger partial charge in [-0.25, -0.2) is 0 Å². The van der Waals surface area contributed by atoms with Crippen molar-refractivity contribution < 1.29 is 0 Å². The fourth-order valence-electron chi connectivity index (χ4n) is 1.82. The largest absolute Gasteiger partial charge is 0.122 e. The minimum atomic E-state index is 0.120. The summed E-state index contributed by atoms with van der Waals surface area (Å²) >= 11 is 5.93. The Balaban J connectivity index is 3.41. The first-order valence-corrected chi connectivity index (χ1v) is 5.35. The van der Waals surface area contributed by atoms with Crippen LogP contribution in [0.2, 0.25) is 0 Å². The summed E-state index contributed by atoms with van der Waals surface area (Å²) in [6.45, 7) is 10.4. The molecule has 0 N–H and O–H groups in total. The van der Waals surface area contributed by atoms with Crippen molar-refractivity contribution in [3.05, 3.63) is 41.5 Å². The predicted molar refractivity (Wildman–Crippen MR) is 64.8 cm³/mol. The molecule has 1 aromatic rings. The normalized spacial score (nSPS) is 11.4. The van der Waals surface area contributed by atoms with Crippen LogP contribution < -0.4 is 0 Å². The summed E-state index contributed by atoms with van der Waals surface area (Å²) in [5, 5.41) is 0. The topological polar surface area (TPSA) is 0 Å². The standard InChI is InChI=1S/C13H17Cl/c1-5-10-7-6-8-11(9-14)12(10)13(2,3)4/h5-8H,1,9H2,2-4H3.